The lowest BCUT2D eigenvalue weighted by Gasteiger charge is -2.12. The van der Waals surface area contributed by atoms with E-state index in [9.17, 15) is 4.79 Å². The number of alkyl halides is 1. The van der Waals surface area contributed by atoms with Crippen molar-refractivity contribution in [2.75, 3.05) is 0 Å². The lowest BCUT2D eigenvalue weighted by molar-refractivity contribution is -0.147. The molecule has 2 atom stereocenters. The van der Waals surface area contributed by atoms with Crippen LogP contribution in [0.2, 0.25) is 0 Å². The number of hydrogen-bond acceptors (Lipinski definition) is 2. The van der Waals surface area contributed by atoms with Crippen LogP contribution in [0.15, 0.2) is 0 Å². The summed E-state index contributed by atoms with van der Waals surface area (Å²) < 4.78 is 4.98. The average Bonchev–Trinajstić information content (AvgIpc) is 1.87. The second-order valence-electron chi connectivity index (χ2n) is 2.65. The monoisotopic (exact) mass is 178 g/mol. The van der Waals surface area contributed by atoms with E-state index in [4.69, 9.17) is 16.3 Å². The Hall–Kier alpha value is -0.240. The summed E-state index contributed by atoms with van der Waals surface area (Å²) in [4.78, 5) is 10.9. The molecule has 66 valence electrons. The normalized spacial score (nSPS) is 15.6. The lowest BCUT2D eigenvalue weighted by atomic mass is 10.2. The van der Waals surface area contributed by atoms with E-state index in [1.807, 2.05) is 6.92 Å². The van der Waals surface area contributed by atoms with Crippen molar-refractivity contribution in [2.45, 2.75) is 45.1 Å². The predicted octanol–water partition coefficient (Wildman–Crippen LogP) is 2.35. The van der Waals surface area contributed by atoms with Gasteiger partial charge in [-0.1, -0.05) is 13.3 Å². The van der Waals surface area contributed by atoms with Crippen LogP contribution in [0, 0.1) is 0 Å². The third-order valence-corrected chi connectivity index (χ3v) is 1.52. The van der Waals surface area contributed by atoms with E-state index in [2.05, 4.69) is 6.92 Å². The van der Waals surface area contributed by atoms with E-state index in [1.165, 1.54) is 0 Å². The molecule has 0 aliphatic heterocycles. The summed E-state index contributed by atoms with van der Waals surface area (Å²) in [6.07, 6.45) is 1.91. The van der Waals surface area contributed by atoms with Crippen LogP contribution in [0.1, 0.15) is 33.6 Å². The molecule has 2 nitrogen and oxygen atoms in total. The highest BCUT2D eigenvalue weighted by atomic mass is 35.5. The van der Waals surface area contributed by atoms with Gasteiger partial charge in [-0.15, -0.1) is 11.6 Å². The number of rotatable bonds is 4. The Morgan fingerprint density at radius 2 is 2.09 bits per heavy atom. The molecule has 0 rings (SSSR count). The van der Waals surface area contributed by atoms with Gasteiger partial charge >= 0.3 is 5.97 Å². The maximum Gasteiger partial charge on any atom is 0.324 e. The standard InChI is InChI=1S/C8H15ClO2/c1-4-5-6(2)11-8(10)7(3)9/h6-7H,4-5H2,1-3H3. The molecule has 11 heavy (non-hydrogen) atoms. The number of halogens is 1. The van der Waals surface area contributed by atoms with E-state index in [0.29, 0.717) is 0 Å². The van der Waals surface area contributed by atoms with Crippen molar-refractivity contribution in [1.82, 2.24) is 0 Å². The quantitative estimate of drug-likeness (QED) is 0.488. The molecule has 3 heteroatoms. The zero-order valence-corrected chi connectivity index (χ0v) is 8.02. The van der Waals surface area contributed by atoms with E-state index < -0.39 is 5.38 Å². The molecule has 2 unspecified atom stereocenters. The second kappa shape index (κ2) is 5.42. The molecular formula is C8H15ClO2. The van der Waals surface area contributed by atoms with Gasteiger partial charge in [0.1, 0.15) is 5.38 Å². The molecule has 0 aliphatic rings. The number of esters is 1. The first-order chi connectivity index (χ1) is 5.07. The van der Waals surface area contributed by atoms with Crippen LogP contribution < -0.4 is 0 Å². The maximum absolute atomic E-state index is 10.9. The molecule has 0 N–H and O–H groups in total. The first-order valence-corrected chi connectivity index (χ1v) is 4.36. The lowest BCUT2D eigenvalue weighted by Crippen LogP contribution is -2.20. The van der Waals surface area contributed by atoms with E-state index in [-0.39, 0.29) is 12.1 Å². The summed E-state index contributed by atoms with van der Waals surface area (Å²) >= 11 is 5.50. The zero-order valence-electron chi connectivity index (χ0n) is 7.26. The van der Waals surface area contributed by atoms with Crippen molar-refractivity contribution in [1.29, 1.82) is 0 Å². The Kier molecular flexibility index (Phi) is 5.30. The van der Waals surface area contributed by atoms with Crippen LogP contribution in [0.3, 0.4) is 0 Å². The van der Waals surface area contributed by atoms with Gasteiger partial charge in [0.2, 0.25) is 0 Å². The molecule has 0 aromatic rings. The Labute approximate surface area is 72.9 Å². The first-order valence-electron chi connectivity index (χ1n) is 3.92. The molecule has 0 aromatic heterocycles. The van der Waals surface area contributed by atoms with Gasteiger partial charge in [0.05, 0.1) is 6.10 Å². The molecule has 0 bridgehead atoms. The van der Waals surface area contributed by atoms with Crippen LogP contribution in [-0.2, 0) is 9.53 Å². The molecule has 0 aliphatic carbocycles. The summed E-state index contributed by atoms with van der Waals surface area (Å²) in [5.41, 5.74) is 0. The average molecular weight is 179 g/mol. The van der Waals surface area contributed by atoms with Gasteiger partial charge in [0.15, 0.2) is 0 Å². The van der Waals surface area contributed by atoms with Gasteiger partial charge in [0.25, 0.3) is 0 Å². The molecule has 0 saturated carbocycles. The number of ether oxygens (including phenoxy) is 1. The third kappa shape index (κ3) is 5.08. The Morgan fingerprint density at radius 3 is 2.45 bits per heavy atom. The van der Waals surface area contributed by atoms with E-state index in [0.717, 1.165) is 12.8 Å². The van der Waals surface area contributed by atoms with Gasteiger partial charge in [-0.2, -0.15) is 0 Å². The van der Waals surface area contributed by atoms with Gasteiger partial charge in [-0.25, -0.2) is 0 Å². The van der Waals surface area contributed by atoms with Crippen molar-refractivity contribution >= 4 is 17.6 Å². The molecule has 0 amide bonds. The highest BCUT2D eigenvalue weighted by Gasteiger charge is 2.13. The molecule has 0 fully saturated rings. The molecule has 0 aromatic carbocycles. The van der Waals surface area contributed by atoms with Crippen molar-refractivity contribution in [3.63, 3.8) is 0 Å². The predicted molar refractivity (Wildman–Crippen MR) is 45.8 cm³/mol. The smallest absolute Gasteiger partial charge is 0.324 e. The van der Waals surface area contributed by atoms with Gasteiger partial charge in [-0.05, 0) is 20.3 Å². The van der Waals surface area contributed by atoms with Crippen LogP contribution >= 0.6 is 11.6 Å². The second-order valence-corrected chi connectivity index (χ2v) is 3.31. The zero-order chi connectivity index (χ0) is 8.85. The van der Waals surface area contributed by atoms with Gasteiger partial charge < -0.3 is 4.74 Å². The fraction of sp³-hybridized carbons (Fsp3) is 0.875. The summed E-state index contributed by atoms with van der Waals surface area (Å²) in [6, 6.07) is 0. The van der Waals surface area contributed by atoms with Crippen molar-refractivity contribution < 1.29 is 9.53 Å². The minimum absolute atomic E-state index is 0.00583. The van der Waals surface area contributed by atoms with E-state index in [1.54, 1.807) is 6.92 Å². The number of carbonyl (C=O) groups excluding carboxylic acids is 1. The van der Waals surface area contributed by atoms with Crippen LogP contribution in [-0.4, -0.2) is 17.5 Å². The highest BCUT2D eigenvalue weighted by molar-refractivity contribution is 6.29. The molecule has 0 spiro atoms. The molecule has 0 heterocycles. The SMILES string of the molecule is CCCC(C)OC(=O)C(C)Cl. The summed E-state index contributed by atoms with van der Waals surface area (Å²) in [5, 5.41) is -0.533. The highest BCUT2D eigenvalue weighted by Crippen LogP contribution is 2.05. The number of carbonyl (C=O) groups is 1. The summed E-state index contributed by atoms with van der Waals surface area (Å²) in [7, 11) is 0. The minimum atomic E-state index is -0.533. The summed E-state index contributed by atoms with van der Waals surface area (Å²) in [6.45, 7) is 5.54. The van der Waals surface area contributed by atoms with Crippen molar-refractivity contribution in [3.8, 4) is 0 Å². The van der Waals surface area contributed by atoms with Crippen molar-refractivity contribution in [2.24, 2.45) is 0 Å². The topological polar surface area (TPSA) is 26.3 Å². The minimum Gasteiger partial charge on any atom is -0.462 e. The number of hydrogen-bond donors (Lipinski definition) is 0. The van der Waals surface area contributed by atoms with Crippen molar-refractivity contribution in [3.05, 3.63) is 0 Å². The van der Waals surface area contributed by atoms with Crippen LogP contribution in [0.5, 0.6) is 0 Å². The van der Waals surface area contributed by atoms with Gasteiger partial charge in [-0.3, -0.25) is 4.79 Å². The first kappa shape index (κ1) is 10.8. The van der Waals surface area contributed by atoms with Gasteiger partial charge in [0, 0.05) is 0 Å². The van der Waals surface area contributed by atoms with Crippen LogP contribution in [0.4, 0.5) is 0 Å². The van der Waals surface area contributed by atoms with E-state index >= 15 is 0 Å². The Bertz CT molecular complexity index is 123. The molecular weight excluding hydrogens is 164 g/mol. The molecule has 0 saturated heterocycles. The Morgan fingerprint density at radius 1 is 1.55 bits per heavy atom. The molecule has 0 radical (unpaired) electrons. The fourth-order valence-corrected chi connectivity index (χ4v) is 0.809. The fourth-order valence-electron chi connectivity index (χ4n) is 0.757. The Balaban J connectivity index is 3.57. The maximum atomic E-state index is 10.9. The largest absolute Gasteiger partial charge is 0.462 e. The summed E-state index contributed by atoms with van der Waals surface area (Å²) in [5.74, 6) is -0.326. The van der Waals surface area contributed by atoms with Crippen LogP contribution in [0.25, 0.3) is 0 Å². The third-order valence-electron chi connectivity index (χ3n) is 1.34.